The Morgan fingerprint density at radius 1 is 1.27 bits per heavy atom. The first-order chi connectivity index (χ1) is 10.7. The maximum Gasteiger partial charge on any atom is 0.265 e. The van der Waals surface area contributed by atoms with E-state index in [2.05, 4.69) is 16.8 Å². The van der Waals surface area contributed by atoms with Gasteiger partial charge in [-0.1, -0.05) is 18.1 Å². The minimum Gasteiger partial charge on any atom is -0.378 e. The highest BCUT2D eigenvalue weighted by atomic mass is 32.1. The summed E-state index contributed by atoms with van der Waals surface area (Å²) < 4.78 is 18.7. The Morgan fingerprint density at radius 3 is 2.82 bits per heavy atom. The number of aromatic nitrogens is 1. The number of halogens is 1. The molecule has 0 unspecified atom stereocenters. The van der Waals surface area contributed by atoms with Crippen molar-refractivity contribution in [3.63, 3.8) is 0 Å². The third-order valence-electron chi connectivity index (χ3n) is 3.19. The zero-order valence-electron chi connectivity index (χ0n) is 11.7. The minimum atomic E-state index is -0.365. The van der Waals surface area contributed by atoms with E-state index in [-0.39, 0.29) is 11.7 Å². The summed E-state index contributed by atoms with van der Waals surface area (Å²) in [7, 11) is 0. The van der Waals surface area contributed by atoms with Crippen molar-refractivity contribution in [1.29, 1.82) is 0 Å². The lowest BCUT2D eigenvalue weighted by Crippen LogP contribution is -2.40. The van der Waals surface area contributed by atoms with E-state index in [1.54, 1.807) is 23.1 Å². The molecule has 0 saturated carbocycles. The fourth-order valence-electron chi connectivity index (χ4n) is 2.04. The number of hydrogen-bond donors (Lipinski definition) is 0. The molecule has 0 N–H and O–H groups in total. The van der Waals surface area contributed by atoms with E-state index in [1.807, 2.05) is 0 Å². The van der Waals surface area contributed by atoms with Crippen molar-refractivity contribution >= 4 is 17.2 Å². The monoisotopic (exact) mass is 316 g/mol. The van der Waals surface area contributed by atoms with Crippen molar-refractivity contribution in [2.24, 2.45) is 0 Å². The van der Waals surface area contributed by atoms with Gasteiger partial charge in [0.25, 0.3) is 5.91 Å². The van der Waals surface area contributed by atoms with E-state index in [1.165, 1.54) is 23.6 Å². The van der Waals surface area contributed by atoms with Crippen LogP contribution in [0.2, 0.25) is 0 Å². The second-order valence-electron chi connectivity index (χ2n) is 4.66. The summed E-state index contributed by atoms with van der Waals surface area (Å²) in [5, 5.41) is 0.500. The molecule has 1 saturated heterocycles. The topological polar surface area (TPSA) is 42.4 Å². The fraction of sp³-hybridized carbons (Fsp3) is 0.250. The normalized spacial score (nSPS) is 14.3. The van der Waals surface area contributed by atoms with Crippen LogP contribution in [0.15, 0.2) is 30.5 Å². The van der Waals surface area contributed by atoms with Gasteiger partial charge in [-0.2, -0.15) is 0 Å². The van der Waals surface area contributed by atoms with Crippen molar-refractivity contribution in [3.05, 3.63) is 51.7 Å². The molecule has 1 aromatic carbocycles. The molecule has 1 aliphatic rings. The molecule has 1 amide bonds. The van der Waals surface area contributed by atoms with Crippen LogP contribution in [-0.4, -0.2) is 42.1 Å². The summed E-state index contributed by atoms with van der Waals surface area (Å²) in [6.45, 7) is 2.30. The van der Waals surface area contributed by atoms with Crippen LogP contribution in [0.3, 0.4) is 0 Å². The molecule has 0 aliphatic carbocycles. The molecule has 22 heavy (non-hydrogen) atoms. The maximum atomic E-state index is 13.5. The first-order valence-corrected chi connectivity index (χ1v) is 7.65. The number of carbonyl (C=O) groups is 1. The summed E-state index contributed by atoms with van der Waals surface area (Å²) in [5.41, 5.74) is 0.318. The molecule has 0 atom stereocenters. The molecule has 0 radical (unpaired) electrons. The second kappa shape index (κ2) is 6.69. The molecule has 0 bridgehead atoms. The van der Waals surface area contributed by atoms with Crippen LogP contribution < -0.4 is 0 Å². The Balaban J connectivity index is 1.74. The van der Waals surface area contributed by atoms with Gasteiger partial charge in [-0.15, -0.1) is 11.3 Å². The van der Waals surface area contributed by atoms with Gasteiger partial charge in [-0.25, -0.2) is 9.37 Å². The average Bonchev–Trinajstić information content (AvgIpc) is 3.03. The van der Waals surface area contributed by atoms with Crippen molar-refractivity contribution < 1.29 is 13.9 Å². The van der Waals surface area contributed by atoms with E-state index in [4.69, 9.17) is 4.74 Å². The number of rotatable bonds is 1. The number of thiazole rings is 1. The number of ether oxygens (including phenoxy) is 1. The van der Waals surface area contributed by atoms with E-state index in [0.717, 1.165) is 0 Å². The third-order valence-corrected chi connectivity index (χ3v) is 4.09. The van der Waals surface area contributed by atoms with E-state index in [0.29, 0.717) is 41.8 Å². The number of amides is 1. The summed E-state index contributed by atoms with van der Waals surface area (Å²) >= 11 is 1.22. The third kappa shape index (κ3) is 3.32. The second-order valence-corrected chi connectivity index (χ2v) is 5.69. The molecule has 1 aromatic heterocycles. The predicted octanol–water partition coefficient (Wildman–Crippen LogP) is 2.15. The quantitative estimate of drug-likeness (QED) is 0.757. The molecule has 1 aliphatic heterocycles. The smallest absolute Gasteiger partial charge is 0.265 e. The Labute approximate surface area is 131 Å². The van der Waals surface area contributed by atoms with Crippen LogP contribution >= 0.6 is 11.3 Å². The lowest BCUT2D eigenvalue weighted by atomic mass is 10.2. The van der Waals surface area contributed by atoms with Gasteiger partial charge in [-0.05, 0) is 18.1 Å². The molecule has 4 nitrogen and oxygen atoms in total. The largest absolute Gasteiger partial charge is 0.378 e. The first-order valence-electron chi connectivity index (χ1n) is 6.83. The highest BCUT2D eigenvalue weighted by Crippen LogP contribution is 2.16. The van der Waals surface area contributed by atoms with Gasteiger partial charge in [0.05, 0.1) is 25.0 Å². The summed E-state index contributed by atoms with van der Waals surface area (Å²) in [6.07, 6.45) is 1.52. The van der Waals surface area contributed by atoms with Gasteiger partial charge in [0.2, 0.25) is 0 Å². The van der Waals surface area contributed by atoms with Crippen LogP contribution in [0.5, 0.6) is 0 Å². The molecule has 6 heteroatoms. The lowest BCUT2D eigenvalue weighted by molar-refractivity contribution is 0.0306. The zero-order chi connectivity index (χ0) is 15.4. The molecular formula is C16H13FN2O2S. The Hall–Kier alpha value is -2.23. The number of morpholine rings is 1. The highest BCUT2D eigenvalue weighted by molar-refractivity contribution is 7.14. The van der Waals surface area contributed by atoms with Gasteiger partial charge in [0, 0.05) is 13.1 Å². The molecule has 3 rings (SSSR count). The highest BCUT2D eigenvalue weighted by Gasteiger charge is 2.20. The first kappa shape index (κ1) is 14.7. The summed E-state index contributed by atoms with van der Waals surface area (Å²) in [6, 6.07) is 6.31. The van der Waals surface area contributed by atoms with Crippen LogP contribution in [0.1, 0.15) is 20.2 Å². The van der Waals surface area contributed by atoms with Crippen LogP contribution in [0.25, 0.3) is 0 Å². The Kier molecular flexibility index (Phi) is 4.47. The number of hydrogen-bond acceptors (Lipinski definition) is 4. The van der Waals surface area contributed by atoms with Gasteiger partial charge < -0.3 is 9.64 Å². The molecule has 1 fully saturated rings. The van der Waals surface area contributed by atoms with Crippen LogP contribution in [0.4, 0.5) is 4.39 Å². The fourth-order valence-corrected chi connectivity index (χ4v) is 2.77. The molecular weight excluding hydrogens is 303 g/mol. The number of benzene rings is 1. The number of carbonyl (C=O) groups excluding carboxylic acids is 1. The van der Waals surface area contributed by atoms with Gasteiger partial charge in [0.1, 0.15) is 10.7 Å². The van der Waals surface area contributed by atoms with E-state index < -0.39 is 0 Å². The zero-order valence-corrected chi connectivity index (χ0v) is 12.5. The average molecular weight is 316 g/mol. The van der Waals surface area contributed by atoms with Gasteiger partial charge in [0.15, 0.2) is 5.01 Å². The Morgan fingerprint density at radius 2 is 2.05 bits per heavy atom. The maximum absolute atomic E-state index is 13.5. The van der Waals surface area contributed by atoms with Gasteiger partial charge in [-0.3, -0.25) is 4.79 Å². The predicted molar refractivity (Wildman–Crippen MR) is 81.2 cm³/mol. The van der Waals surface area contributed by atoms with Crippen LogP contribution in [-0.2, 0) is 4.74 Å². The SMILES string of the molecule is O=C(c1cnc(C#Cc2ccccc2F)s1)N1CCOCC1. The van der Waals surface area contributed by atoms with Gasteiger partial charge >= 0.3 is 0 Å². The lowest BCUT2D eigenvalue weighted by Gasteiger charge is -2.26. The van der Waals surface area contributed by atoms with Crippen molar-refractivity contribution in [2.45, 2.75) is 0 Å². The summed E-state index contributed by atoms with van der Waals surface area (Å²) in [5.74, 6) is 5.12. The molecule has 0 spiro atoms. The molecule has 2 aromatic rings. The number of nitrogens with zero attached hydrogens (tertiary/aromatic N) is 2. The van der Waals surface area contributed by atoms with Crippen molar-refractivity contribution in [2.75, 3.05) is 26.3 Å². The van der Waals surface area contributed by atoms with Crippen molar-refractivity contribution in [1.82, 2.24) is 9.88 Å². The van der Waals surface area contributed by atoms with Crippen molar-refractivity contribution in [3.8, 4) is 11.8 Å². The standard InChI is InChI=1S/C16H13FN2O2S/c17-13-4-2-1-3-12(13)5-6-15-18-11-14(22-15)16(20)19-7-9-21-10-8-19/h1-4,11H,7-10H2. The summed E-state index contributed by atoms with van der Waals surface area (Å²) in [4.78, 5) is 18.7. The molecule has 2 heterocycles. The minimum absolute atomic E-state index is 0.0558. The van der Waals surface area contributed by atoms with E-state index in [9.17, 15) is 9.18 Å². The Bertz CT molecular complexity index is 742. The van der Waals surface area contributed by atoms with E-state index >= 15 is 0 Å². The molecule has 112 valence electrons. The van der Waals surface area contributed by atoms with Crippen LogP contribution in [0, 0.1) is 17.7 Å².